The van der Waals surface area contributed by atoms with E-state index in [9.17, 15) is 4.79 Å². The predicted octanol–water partition coefficient (Wildman–Crippen LogP) is 5.50. The van der Waals surface area contributed by atoms with Gasteiger partial charge in [0.05, 0.1) is 17.3 Å². The monoisotopic (exact) mass is 349 g/mol. The van der Waals surface area contributed by atoms with Gasteiger partial charge in [-0.2, -0.15) is 10.4 Å². The van der Waals surface area contributed by atoms with Gasteiger partial charge in [0, 0.05) is 23.6 Å². The summed E-state index contributed by atoms with van der Waals surface area (Å²) in [7, 11) is 0. The summed E-state index contributed by atoms with van der Waals surface area (Å²) in [6.07, 6.45) is 3.82. The Labute approximate surface area is 155 Å². The molecule has 1 aliphatic carbocycles. The smallest absolute Gasteiger partial charge is 0.181 e. The van der Waals surface area contributed by atoms with Crippen LogP contribution in [0.15, 0.2) is 24.3 Å². The number of rotatable bonds is 7. The molecule has 0 bridgehead atoms. The lowest BCUT2D eigenvalue weighted by molar-refractivity contribution is 0.0950. The molecule has 136 valence electrons. The quantitative estimate of drug-likeness (QED) is 0.620. The summed E-state index contributed by atoms with van der Waals surface area (Å²) in [6.45, 7) is 8.41. The normalized spacial score (nSPS) is 15.1. The molecule has 26 heavy (non-hydrogen) atoms. The van der Waals surface area contributed by atoms with Crippen molar-refractivity contribution in [1.82, 2.24) is 9.78 Å². The minimum absolute atomic E-state index is 0.135. The minimum atomic E-state index is 0.135. The van der Waals surface area contributed by atoms with Crippen molar-refractivity contribution in [3.05, 3.63) is 41.1 Å². The molecule has 1 atom stereocenters. The molecule has 0 spiro atoms. The first-order valence-electron chi connectivity index (χ1n) is 9.62. The fourth-order valence-corrected chi connectivity index (χ4v) is 3.33. The summed E-state index contributed by atoms with van der Waals surface area (Å²) >= 11 is 0. The fourth-order valence-electron chi connectivity index (χ4n) is 3.33. The van der Waals surface area contributed by atoms with Crippen molar-refractivity contribution in [2.24, 2.45) is 5.92 Å². The number of hydrogen-bond acceptors (Lipinski definition) is 3. The Hall–Kier alpha value is -2.41. The summed E-state index contributed by atoms with van der Waals surface area (Å²) in [6, 6.07) is 9.82. The van der Waals surface area contributed by atoms with Crippen LogP contribution < -0.4 is 0 Å². The van der Waals surface area contributed by atoms with E-state index in [0.29, 0.717) is 23.8 Å². The third kappa shape index (κ3) is 3.58. The zero-order valence-corrected chi connectivity index (χ0v) is 16.1. The van der Waals surface area contributed by atoms with Crippen molar-refractivity contribution in [3.63, 3.8) is 0 Å². The van der Waals surface area contributed by atoms with Gasteiger partial charge in [0.2, 0.25) is 0 Å². The van der Waals surface area contributed by atoms with Crippen molar-refractivity contribution in [2.45, 2.75) is 65.3 Å². The molecule has 1 aromatic carbocycles. The summed E-state index contributed by atoms with van der Waals surface area (Å²) in [5.74, 6) is 1.02. The Morgan fingerprint density at radius 1 is 1.27 bits per heavy atom. The van der Waals surface area contributed by atoms with Gasteiger partial charge in [0.1, 0.15) is 5.69 Å². The largest absolute Gasteiger partial charge is 0.292 e. The molecular weight excluding hydrogens is 322 g/mol. The Bertz CT molecular complexity index is 836. The van der Waals surface area contributed by atoms with E-state index >= 15 is 0 Å². The lowest BCUT2D eigenvalue weighted by atomic mass is 9.95. The maximum atomic E-state index is 13.1. The Morgan fingerprint density at radius 2 is 1.92 bits per heavy atom. The first kappa shape index (κ1) is 18.4. The van der Waals surface area contributed by atoms with Crippen LogP contribution in [0.25, 0.3) is 11.3 Å². The topological polar surface area (TPSA) is 58.7 Å². The molecule has 1 aliphatic rings. The van der Waals surface area contributed by atoms with E-state index in [2.05, 4.69) is 33.8 Å². The SMILES string of the molecule is CC[C@@H](C)CC(=O)c1c(C2CC2)c(-c2ccc(C#N)cc2)nn1C(C)C. The average molecular weight is 349 g/mol. The van der Waals surface area contributed by atoms with E-state index in [1.807, 2.05) is 28.9 Å². The molecular formula is C22H27N3O. The number of ketones is 1. The third-order valence-electron chi connectivity index (χ3n) is 5.20. The molecule has 0 aliphatic heterocycles. The summed E-state index contributed by atoms with van der Waals surface area (Å²) in [5.41, 5.74) is 4.47. The molecule has 3 rings (SSSR count). The van der Waals surface area contributed by atoms with E-state index in [1.54, 1.807) is 0 Å². The summed E-state index contributed by atoms with van der Waals surface area (Å²) < 4.78 is 1.92. The molecule has 2 aromatic rings. The Balaban J connectivity index is 2.12. The minimum Gasteiger partial charge on any atom is -0.292 e. The van der Waals surface area contributed by atoms with Crippen LogP contribution in [0.2, 0.25) is 0 Å². The maximum absolute atomic E-state index is 13.1. The molecule has 0 N–H and O–H groups in total. The molecule has 1 aromatic heterocycles. The van der Waals surface area contributed by atoms with E-state index in [4.69, 9.17) is 10.4 Å². The van der Waals surface area contributed by atoms with Gasteiger partial charge in [0.25, 0.3) is 0 Å². The zero-order valence-electron chi connectivity index (χ0n) is 16.1. The van der Waals surface area contributed by atoms with Crippen LogP contribution in [-0.4, -0.2) is 15.6 Å². The lowest BCUT2D eigenvalue weighted by Gasteiger charge is -2.13. The second-order valence-corrected chi connectivity index (χ2v) is 7.75. The number of benzene rings is 1. The van der Waals surface area contributed by atoms with Crippen molar-refractivity contribution >= 4 is 5.78 Å². The predicted molar refractivity (Wildman–Crippen MR) is 103 cm³/mol. The number of carbonyl (C=O) groups excluding carboxylic acids is 1. The van der Waals surface area contributed by atoms with E-state index in [0.717, 1.165) is 41.8 Å². The summed E-state index contributed by atoms with van der Waals surface area (Å²) in [5, 5.41) is 13.9. The highest BCUT2D eigenvalue weighted by atomic mass is 16.1. The van der Waals surface area contributed by atoms with Crippen molar-refractivity contribution < 1.29 is 4.79 Å². The second-order valence-electron chi connectivity index (χ2n) is 7.75. The number of nitrogens with zero attached hydrogens (tertiary/aromatic N) is 3. The molecule has 0 unspecified atom stereocenters. The van der Waals surface area contributed by atoms with E-state index in [1.165, 1.54) is 0 Å². The van der Waals surface area contributed by atoms with Crippen LogP contribution >= 0.6 is 0 Å². The van der Waals surface area contributed by atoms with Gasteiger partial charge >= 0.3 is 0 Å². The first-order chi connectivity index (χ1) is 12.5. The third-order valence-corrected chi connectivity index (χ3v) is 5.20. The molecule has 0 radical (unpaired) electrons. The van der Waals surface area contributed by atoms with Crippen LogP contribution in [0.4, 0.5) is 0 Å². The number of carbonyl (C=O) groups is 1. The van der Waals surface area contributed by atoms with Crippen LogP contribution in [0.3, 0.4) is 0 Å². The van der Waals surface area contributed by atoms with Gasteiger partial charge in [-0.05, 0) is 50.7 Å². The highest BCUT2D eigenvalue weighted by Crippen LogP contribution is 2.47. The molecule has 4 heteroatoms. The Kier molecular flexibility index (Phi) is 5.27. The van der Waals surface area contributed by atoms with Crippen LogP contribution in [0.5, 0.6) is 0 Å². The molecule has 0 amide bonds. The second kappa shape index (κ2) is 7.45. The fraction of sp³-hybridized carbons (Fsp3) is 0.500. The summed E-state index contributed by atoms with van der Waals surface area (Å²) in [4.78, 5) is 13.1. The van der Waals surface area contributed by atoms with Crippen molar-refractivity contribution in [2.75, 3.05) is 0 Å². The number of nitriles is 1. The van der Waals surface area contributed by atoms with Crippen LogP contribution in [-0.2, 0) is 0 Å². The average Bonchev–Trinajstić information content (AvgIpc) is 3.40. The first-order valence-corrected chi connectivity index (χ1v) is 9.62. The van der Waals surface area contributed by atoms with Crippen LogP contribution in [0, 0.1) is 17.2 Å². The molecule has 1 heterocycles. The standard InChI is InChI=1S/C22H27N3O/c1-5-15(4)12-19(26)22-20(17-10-11-17)21(24-25(22)14(2)3)18-8-6-16(13-23)7-9-18/h6-9,14-15,17H,5,10-12H2,1-4H3/t15-/m1/s1. The number of hydrogen-bond donors (Lipinski definition) is 0. The number of Topliss-reactive ketones (excluding diaryl/α,β-unsaturated/α-hetero) is 1. The van der Waals surface area contributed by atoms with E-state index in [-0.39, 0.29) is 11.8 Å². The highest BCUT2D eigenvalue weighted by molar-refractivity contribution is 5.98. The lowest BCUT2D eigenvalue weighted by Crippen LogP contribution is -2.16. The molecule has 1 saturated carbocycles. The van der Waals surface area contributed by atoms with Gasteiger partial charge in [-0.1, -0.05) is 32.4 Å². The van der Waals surface area contributed by atoms with E-state index < -0.39 is 0 Å². The highest BCUT2D eigenvalue weighted by Gasteiger charge is 2.35. The zero-order chi connectivity index (χ0) is 18.8. The van der Waals surface area contributed by atoms with Crippen LogP contribution in [0.1, 0.15) is 87.0 Å². The maximum Gasteiger partial charge on any atom is 0.181 e. The molecule has 1 fully saturated rings. The molecule has 4 nitrogen and oxygen atoms in total. The van der Waals surface area contributed by atoms with Gasteiger partial charge in [0.15, 0.2) is 5.78 Å². The van der Waals surface area contributed by atoms with Crippen molar-refractivity contribution in [3.8, 4) is 17.3 Å². The number of aromatic nitrogens is 2. The molecule has 0 saturated heterocycles. The van der Waals surface area contributed by atoms with Gasteiger partial charge in [-0.15, -0.1) is 0 Å². The van der Waals surface area contributed by atoms with Gasteiger partial charge in [-0.3, -0.25) is 9.48 Å². The van der Waals surface area contributed by atoms with Crippen molar-refractivity contribution in [1.29, 1.82) is 5.26 Å². The Morgan fingerprint density at radius 3 is 2.42 bits per heavy atom. The van der Waals surface area contributed by atoms with Gasteiger partial charge < -0.3 is 0 Å². The van der Waals surface area contributed by atoms with Gasteiger partial charge in [-0.25, -0.2) is 0 Å².